The zero-order valence-electron chi connectivity index (χ0n) is 21.4. The van der Waals surface area contributed by atoms with Crippen LogP contribution in [0.5, 0.6) is 0 Å². The maximum Gasteiger partial charge on any atom is 0.323 e. The van der Waals surface area contributed by atoms with Gasteiger partial charge in [0.25, 0.3) is 0 Å². The molecule has 0 bridgehead atoms. The number of esters is 1. The largest absolute Gasteiger partial charge is 0.460 e. The highest BCUT2D eigenvalue weighted by molar-refractivity contribution is 5.76. The maximum absolute atomic E-state index is 13.2. The van der Waals surface area contributed by atoms with Gasteiger partial charge in [-0.3, -0.25) is 9.69 Å². The predicted octanol–water partition coefficient (Wildman–Crippen LogP) is 1.28. The summed E-state index contributed by atoms with van der Waals surface area (Å²) in [5, 5.41) is 0. The van der Waals surface area contributed by atoms with E-state index in [2.05, 4.69) is 11.8 Å². The molecule has 1 aliphatic rings. The molecule has 0 saturated carbocycles. The Bertz CT molecular complexity index is 682. The summed E-state index contributed by atoms with van der Waals surface area (Å²) in [6.45, 7) is 8.23. The monoisotopic (exact) mass is 494 g/mol. The van der Waals surface area contributed by atoms with E-state index >= 15 is 0 Å². The van der Waals surface area contributed by atoms with Crippen molar-refractivity contribution in [1.29, 1.82) is 0 Å². The molecule has 0 radical (unpaired) electrons. The zero-order valence-corrected chi connectivity index (χ0v) is 21.4. The minimum Gasteiger partial charge on any atom is -0.460 e. The van der Waals surface area contributed by atoms with E-state index in [-0.39, 0.29) is 30.1 Å². The predicted molar refractivity (Wildman–Crippen MR) is 137 cm³/mol. The van der Waals surface area contributed by atoms with Crippen LogP contribution in [-0.4, -0.2) is 88.8 Å². The Kier molecular flexibility index (Phi) is 14.4. The van der Waals surface area contributed by atoms with Gasteiger partial charge in [-0.15, -0.1) is 0 Å². The van der Waals surface area contributed by atoms with Gasteiger partial charge in [-0.25, -0.2) is 0 Å². The van der Waals surface area contributed by atoms with Crippen LogP contribution in [0.15, 0.2) is 30.3 Å². The molecule has 9 nitrogen and oxygen atoms in total. The molecule has 1 heterocycles. The highest BCUT2D eigenvalue weighted by Crippen LogP contribution is 2.28. The van der Waals surface area contributed by atoms with E-state index in [0.29, 0.717) is 72.2 Å². The van der Waals surface area contributed by atoms with E-state index in [0.717, 1.165) is 24.8 Å². The second-order valence-corrected chi connectivity index (χ2v) is 9.61. The first-order valence-electron chi connectivity index (χ1n) is 12.8. The Morgan fingerprint density at radius 2 is 1.57 bits per heavy atom. The van der Waals surface area contributed by atoms with E-state index in [4.69, 9.17) is 36.1 Å². The summed E-state index contributed by atoms with van der Waals surface area (Å²) >= 11 is 0. The molecule has 0 aromatic heterocycles. The first-order chi connectivity index (χ1) is 17.0. The van der Waals surface area contributed by atoms with Crippen molar-refractivity contribution in [3.63, 3.8) is 0 Å². The van der Waals surface area contributed by atoms with Crippen molar-refractivity contribution >= 4 is 5.97 Å². The van der Waals surface area contributed by atoms with Crippen LogP contribution in [0.4, 0.5) is 0 Å². The number of nitrogens with two attached hydrogens (primary N) is 3. The van der Waals surface area contributed by atoms with Gasteiger partial charge in [0.2, 0.25) is 0 Å². The molecule has 1 aliphatic heterocycles. The van der Waals surface area contributed by atoms with Crippen LogP contribution < -0.4 is 17.2 Å². The van der Waals surface area contributed by atoms with Gasteiger partial charge in [0.15, 0.2) is 0 Å². The molecule has 6 N–H and O–H groups in total. The van der Waals surface area contributed by atoms with Crippen molar-refractivity contribution in [2.24, 2.45) is 22.6 Å². The highest BCUT2D eigenvalue weighted by atomic mass is 16.5. The van der Waals surface area contributed by atoms with Gasteiger partial charge < -0.3 is 36.1 Å². The summed E-state index contributed by atoms with van der Waals surface area (Å²) in [5.74, 6) is -0.228. The number of carbonyl (C=O) groups excluding carboxylic acids is 1. The van der Waals surface area contributed by atoms with Gasteiger partial charge in [-0.05, 0) is 44.5 Å². The van der Waals surface area contributed by atoms with Crippen LogP contribution in [0.3, 0.4) is 0 Å². The van der Waals surface area contributed by atoms with Crippen molar-refractivity contribution in [3.8, 4) is 0 Å². The van der Waals surface area contributed by atoms with Crippen molar-refractivity contribution in [2.75, 3.05) is 65.8 Å². The summed E-state index contributed by atoms with van der Waals surface area (Å²) in [6, 6.07) is 9.34. The van der Waals surface area contributed by atoms with Crippen LogP contribution in [0.1, 0.15) is 38.2 Å². The quantitative estimate of drug-likeness (QED) is 0.192. The second-order valence-electron chi connectivity index (χ2n) is 9.61. The first-order valence-corrected chi connectivity index (χ1v) is 12.8. The van der Waals surface area contributed by atoms with E-state index < -0.39 is 0 Å². The fourth-order valence-corrected chi connectivity index (χ4v) is 4.19. The molecule has 0 amide bonds. The van der Waals surface area contributed by atoms with Gasteiger partial charge in [0.05, 0.1) is 19.3 Å². The van der Waals surface area contributed by atoms with E-state index in [1.54, 1.807) is 0 Å². The number of likely N-dealkylation sites (tertiary alicyclic amines) is 1. The van der Waals surface area contributed by atoms with Gasteiger partial charge >= 0.3 is 5.97 Å². The Hall–Kier alpha value is -1.59. The summed E-state index contributed by atoms with van der Waals surface area (Å²) in [5.41, 5.74) is 17.5. The average molecular weight is 495 g/mol. The van der Waals surface area contributed by atoms with Crippen LogP contribution in [-0.2, 0) is 30.3 Å². The average Bonchev–Trinajstić information content (AvgIpc) is 3.26. The lowest BCUT2D eigenvalue weighted by molar-refractivity contribution is -0.151. The number of carbonyl (C=O) groups is 1. The highest BCUT2D eigenvalue weighted by Gasteiger charge is 2.42. The molecule has 1 aromatic carbocycles. The Labute approximate surface area is 210 Å². The molecule has 0 aliphatic carbocycles. The molecule has 0 spiro atoms. The summed E-state index contributed by atoms with van der Waals surface area (Å²) in [4.78, 5) is 15.3. The SMILES string of the molecule is CC(COCCCN)(COCCCN)CN1C[C@H](OCCCN)C[C@H]1C(=O)OCc1ccccc1. The normalized spacial score (nSPS) is 18.7. The van der Waals surface area contributed by atoms with E-state index in [1.165, 1.54) is 0 Å². The van der Waals surface area contributed by atoms with Crippen LogP contribution in [0.25, 0.3) is 0 Å². The maximum atomic E-state index is 13.2. The number of ether oxygens (including phenoxy) is 4. The van der Waals surface area contributed by atoms with Gasteiger partial charge in [0.1, 0.15) is 12.6 Å². The summed E-state index contributed by atoms with van der Waals surface area (Å²) in [7, 11) is 0. The number of benzene rings is 1. The lowest BCUT2D eigenvalue weighted by Gasteiger charge is -2.35. The number of hydrogen-bond acceptors (Lipinski definition) is 9. The molecule has 9 heteroatoms. The Morgan fingerprint density at radius 3 is 2.17 bits per heavy atom. The van der Waals surface area contributed by atoms with Crippen LogP contribution in [0, 0.1) is 5.41 Å². The molecule has 0 unspecified atom stereocenters. The molecule has 35 heavy (non-hydrogen) atoms. The first kappa shape index (κ1) is 29.6. The molecule has 200 valence electrons. The third kappa shape index (κ3) is 11.3. The van der Waals surface area contributed by atoms with Crippen LogP contribution in [0.2, 0.25) is 0 Å². The fourth-order valence-electron chi connectivity index (χ4n) is 4.19. The molecule has 2 rings (SSSR count). The molecular formula is C26H46N4O5. The molecule has 2 atom stereocenters. The lowest BCUT2D eigenvalue weighted by atomic mass is 9.91. The van der Waals surface area contributed by atoms with Crippen LogP contribution >= 0.6 is 0 Å². The lowest BCUT2D eigenvalue weighted by Crippen LogP contribution is -2.47. The third-order valence-corrected chi connectivity index (χ3v) is 6.03. The molecule has 1 saturated heterocycles. The second kappa shape index (κ2) is 17.0. The third-order valence-electron chi connectivity index (χ3n) is 6.03. The van der Waals surface area contributed by atoms with Gasteiger partial charge in [0, 0.05) is 44.7 Å². The van der Waals surface area contributed by atoms with Crippen molar-refractivity contribution < 1.29 is 23.7 Å². The van der Waals surface area contributed by atoms with Crippen molar-refractivity contribution in [1.82, 2.24) is 4.90 Å². The minimum atomic E-state index is -0.381. The van der Waals surface area contributed by atoms with Gasteiger partial charge in [-0.2, -0.15) is 0 Å². The molecular weight excluding hydrogens is 448 g/mol. The summed E-state index contributed by atoms with van der Waals surface area (Å²) < 4.78 is 23.6. The zero-order chi connectivity index (χ0) is 25.4. The van der Waals surface area contributed by atoms with E-state index in [9.17, 15) is 4.79 Å². The molecule has 1 aromatic rings. The Balaban J connectivity index is 2.05. The standard InChI is InChI=1S/C26H46N4O5/c1-26(20-32-13-5-10-27,21-33-14-6-11-28)19-30-17-23(34-15-7-12-29)16-24(30)25(31)35-18-22-8-3-2-4-9-22/h2-4,8-9,23-24H,5-7,10-21,27-29H2,1H3/t23-,24+/m1/s1. The summed E-state index contributed by atoms with van der Waals surface area (Å²) in [6.07, 6.45) is 2.95. The fraction of sp³-hybridized carbons (Fsp3) is 0.731. The topological polar surface area (TPSA) is 135 Å². The van der Waals surface area contributed by atoms with E-state index in [1.807, 2.05) is 30.3 Å². The van der Waals surface area contributed by atoms with Crippen molar-refractivity contribution in [2.45, 2.75) is 51.4 Å². The van der Waals surface area contributed by atoms with Gasteiger partial charge in [-0.1, -0.05) is 37.3 Å². The van der Waals surface area contributed by atoms with Crippen molar-refractivity contribution in [3.05, 3.63) is 35.9 Å². The Morgan fingerprint density at radius 1 is 0.971 bits per heavy atom. The molecule has 1 fully saturated rings. The number of rotatable bonds is 19. The number of nitrogens with zero attached hydrogens (tertiary/aromatic N) is 1. The minimum absolute atomic E-state index is 0.0450. The number of hydrogen-bond donors (Lipinski definition) is 3. The smallest absolute Gasteiger partial charge is 0.323 e.